The van der Waals surface area contributed by atoms with Crippen molar-refractivity contribution in [2.45, 2.75) is 26.3 Å². The molecule has 6 nitrogen and oxygen atoms in total. The van der Waals surface area contributed by atoms with E-state index in [4.69, 9.17) is 0 Å². The van der Waals surface area contributed by atoms with Crippen molar-refractivity contribution in [1.82, 2.24) is 19.9 Å². The highest BCUT2D eigenvalue weighted by Gasteiger charge is 2.24. The third kappa shape index (κ3) is 2.84. The number of hydrogen-bond acceptors (Lipinski definition) is 6. The van der Waals surface area contributed by atoms with Gasteiger partial charge in [0, 0.05) is 36.7 Å². The number of aromatic nitrogens is 4. The third-order valence-corrected chi connectivity index (χ3v) is 3.38. The molecule has 1 aliphatic heterocycles. The molecule has 0 radical (unpaired) electrons. The van der Waals surface area contributed by atoms with E-state index in [9.17, 15) is 0 Å². The molecule has 1 atom stereocenters. The van der Waals surface area contributed by atoms with Crippen LogP contribution >= 0.6 is 0 Å². The summed E-state index contributed by atoms with van der Waals surface area (Å²) < 4.78 is 0. The van der Waals surface area contributed by atoms with Crippen LogP contribution < -0.4 is 10.2 Å². The van der Waals surface area contributed by atoms with Gasteiger partial charge in [0.05, 0.1) is 0 Å². The molecule has 0 saturated carbocycles. The molecule has 6 heteroatoms. The van der Waals surface area contributed by atoms with Crippen molar-refractivity contribution in [2.24, 2.45) is 0 Å². The number of rotatable bonds is 3. The fourth-order valence-corrected chi connectivity index (χ4v) is 2.49. The normalized spacial score (nSPS) is 18.3. The Bertz CT molecular complexity index is 565. The van der Waals surface area contributed by atoms with Crippen LogP contribution in [0.25, 0.3) is 0 Å². The van der Waals surface area contributed by atoms with Crippen LogP contribution in [0.4, 0.5) is 11.8 Å². The van der Waals surface area contributed by atoms with E-state index in [0.717, 1.165) is 42.7 Å². The number of nitrogens with zero attached hydrogens (tertiary/aromatic N) is 5. The van der Waals surface area contributed by atoms with E-state index in [0.29, 0.717) is 6.04 Å². The van der Waals surface area contributed by atoms with E-state index in [2.05, 4.69) is 30.2 Å². The predicted octanol–water partition coefficient (Wildman–Crippen LogP) is 1.57. The molecular formula is C14H18N6. The molecule has 3 rings (SSSR count). The first-order valence-corrected chi connectivity index (χ1v) is 6.80. The first-order chi connectivity index (χ1) is 9.70. The first-order valence-electron chi connectivity index (χ1n) is 6.80. The summed E-state index contributed by atoms with van der Waals surface area (Å²) in [5, 5.41) is 3.42. The zero-order valence-corrected chi connectivity index (χ0v) is 11.7. The molecule has 1 unspecified atom stereocenters. The largest absolute Gasteiger partial charge is 0.365 e. The lowest BCUT2D eigenvalue weighted by Crippen LogP contribution is -2.27. The van der Waals surface area contributed by atoms with Crippen molar-refractivity contribution in [3.8, 4) is 0 Å². The van der Waals surface area contributed by atoms with E-state index in [1.807, 2.05) is 26.0 Å². The monoisotopic (exact) mass is 270 g/mol. The quantitative estimate of drug-likeness (QED) is 0.913. The summed E-state index contributed by atoms with van der Waals surface area (Å²) in [5.41, 5.74) is 2.03. The molecule has 0 aliphatic carbocycles. The molecule has 2 aromatic heterocycles. The van der Waals surface area contributed by atoms with Crippen LogP contribution in [-0.2, 0) is 0 Å². The van der Waals surface area contributed by atoms with E-state index in [1.54, 1.807) is 12.5 Å². The Balaban J connectivity index is 1.67. The summed E-state index contributed by atoms with van der Waals surface area (Å²) in [6.45, 7) is 5.87. The van der Waals surface area contributed by atoms with Crippen LogP contribution in [-0.4, -0.2) is 39.1 Å². The Morgan fingerprint density at radius 3 is 2.75 bits per heavy atom. The molecule has 0 spiro atoms. The van der Waals surface area contributed by atoms with Crippen molar-refractivity contribution in [3.63, 3.8) is 0 Å². The third-order valence-electron chi connectivity index (χ3n) is 3.38. The van der Waals surface area contributed by atoms with Gasteiger partial charge < -0.3 is 10.2 Å². The maximum Gasteiger partial charge on any atom is 0.225 e. The maximum atomic E-state index is 4.52. The molecule has 1 aliphatic rings. The van der Waals surface area contributed by atoms with Crippen molar-refractivity contribution in [1.29, 1.82) is 0 Å². The summed E-state index contributed by atoms with van der Waals surface area (Å²) in [7, 11) is 0. The average molecular weight is 270 g/mol. The fourth-order valence-electron chi connectivity index (χ4n) is 2.49. The van der Waals surface area contributed by atoms with E-state index in [1.165, 1.54) is 0 Å². The van der Waals surface area contributed by atoms with Crippen LogP contribution in [0, 0.1) is 13.8 Å². The lowest BCUT2D eigenvalue weighted by atomic mass is 10.2. The van der Waals surface area contributed by atoms with Crippen molar-refractivity contribution >= 4 is 11.8 Å². The maximum absolute atomic E-state index is 4.52. The van der Waals surface area contributed by atoms with Gasteiger partial charge in [0.15, 0.2) is 0 Å². The highest BCUT2D eigenvalue weighted by Crippen LogP contribution is 2.19. The topological polar surface area (TPSA) is 66.8 Å². The fraction of sp³-hybridized carbons (Fsp3) is 0.429. The Kier molecular flexibility index (Phi) is 3.45. The average Bonchev–Trinajstić information content (AvgIpc) is 2.87. The minimum Gasteiger partial charge on any atom is -0.365 e. The van der Waals surface area contributed by atoms with Crippen LogP contribution in [0.15, 0.2) is 24.7 Å². The first kappa shape index (κ1) is 12.8. The smallest absolute Gasteiger partial charge is 0.225 e. The van der Waals surface area contributed by atoms with Crippen LogP contribution in [0.2, 0.25) is 0 Å². The van der Waals surface area contributed by atoms with Gasteiger partial charge in [-0.05, 0) is 32.4 Å². The second-order valence-corrected chi connectivity index (χ2v) is 5.12. The Morgan fingerprint density at radius 1 is 1.25 bits per heavy atom. The van der Waals surface area contributed by atoms with Crippen molar-refractivity contribution < 1.29 is 0 Å². The number of aryl methyl sites for hydroxylation is 2. The summed E-state index contributed by atoms with van der Waals surface area (Å²) in [6, 6.07) is 4.25. The SMILES string of the molecule is Cc1cc(C)nc(N2CCC(Nc3ccncn3)C2)n1. The summed E-state index contributed by atoms with van der Waals surface area (Å²) in [4.78, 5) is 19.4. The van der Waals surface area contributed by atoms with Crippen LogP contribution in [0.3, 0.4) is 0 Å². The molecule has 0 aromatic carbocycles. The van der Waals surface area contributed by atoms with Gasteiger partial charge in [0.1, 0.15) is 12.1 Å². The molecule has 3 heterocycles. The molecule has 1 N–H and O–H groups in total. The lowest BCUT2D eigenvalue weighted by Gasteiger charge is -2.17. The van der Waals surface area contributed by atoms with Crippen molar-refractivity contribution in [3.05, 3.63) is 36.0 Å². The molecule has 104 valence electrons. The molecule has 0 amide bonds. The van der Waals surface area contributed by atoms with Gasteiger partial charge >= 0.3 is 0 Å². The summed E-state index contributed by atoms with van der Waals surface area (Å²) >= 11 is 0. The van der Waals surface area contributed by atoms with Gasteiger partial charge in [0.25, 0.3) is 0 Å². The number of nitrogens with one attached hydrogen (secondary N) is 1. The van der Waals surface area contributed by atoms with Gasteiger partial charge in [0.2, 0.25) is 5.95 Å². The molecule has 0 bridgehead atoms. The Morgan fingerprint density at radius 2 is 2.05 bits per heavy atom. The van der Waals surface area contributed by atoms with E-state index in [-0.39, 0.29) is 0 Å². The minimum atomic E-state index is 0.370. The van der Waals surface area contributed by atoms with E-state index < -0.39 is 0 Å². The highest BCUT2D eigenvalue weighted by molar-refractivity contribution is 5.39. The zero-order chi connectivity index (χ0) is 13.9. The second-order valence-electron chi connectivity index (χ2n) is 5.12. The van der Waals surface area contributed by atoms with Crippen molar-refractivity contribution in [2.75, 3.05) is 23.3 Å². The molecule has 20 heavy (non-hydrogen) atoms. The van der Waals surface area contributed by atoms with Crippen LogP contribution in [0.1, 0.15) is 17.8 Å². The van der Waals surface area contributed by atoms with Gasteiger partial charge in [-0.3, -0.25) is 0 Å². The number of hydrogen-bond donors (Lipinski definition) is 1. The predicted molar refractivity (Wildman–Crippen MR) is 77.8 cm³/mol. The Hall–Kier alpha value is -2.24. The minimum absolute atomic E-state index is 0.370. The van der Waals surface area contributed by atoms with Gasteiger partial charge in [-0.1, -0.05) is 0 Å². The highest BCUT2D eigenvalue weighted by atomic mass is 15.3. The van der Waals surface area contributed by atoms with Gasteiger partial charge in [-0.25, -0.2) is 19.9 Å². The zero-order valence-electron chi connectivity index (χ0n) is 11.7. The summed E-state index contributed by atoms with van der Waals surface area (Å²) in [5.74, 6) is 1.70. The van der Waals surface area contributed by atoms with E-state index >= 15 is 0 Å². The van der Waals surface area contributed by atoms with Gasteiger partial charge in [-0.15, -0.1) is 0 Å². The van der Waals surface area contributed by atoms with Gasteiger partial charge in [-0.2, -0.15) is 0 Å². The molecule has 1 saturated heterocycles. The Labute approximate surface area is 118 Å². The summed E-state index contributed by atoms with van der Waals surface area (Å²) in [6.07, 6.45) is 4.36. The molecular weight excluding hydrogens is 252 g/mol. The van der Waals surface area contributed by atoms with Crippen LogP contribution in [0.5, 0.6) is 0 Å². The number of anilines is 2. The standard InChI is InChI=1S/C14H18N6/c1-10-7-11(2)18-14(17-10)20-6-4-12(8-20)19-13-3-5-15-9-16-13/h3,5,7,9,12H,4,6,8H2,1-2H3,(H,15,16,19). The molecule has 2 aromatic rings. The molecule has 1 fully saturated rings. The second kappa shape index (κ2) is 5.40. The lowest BCUT2D eigenvalue weighted by molar-refractivity contribution is 0.795.